The molecular weight excluding hydrogens is 170 g/mol. The molecule has 1 aromatic rings. The number of nitrogens with one attached hydrogen (secondary N) is 1. The van der Waals surface area contributed by atoms with E-state index in [1.807, 2.05) is 0 Å². The molecule has 1 fully saturated rings. The second-order valence-corrected chi connectivity index (χ2v) is 4.55. The van der Waals surface area contributed by atoms with Crippen molar-refractivity contribution < 1.29 is 0 Å². The van der Waals surface area contributed by atoms with Crippen molar-refractivity contribution in [2.75, 3.05) is 0 Å². The van der Waals surface area contributed by atoms with Crippen molar-refractivity contribution in [1.29, 1.82) is 0 Å². The highest BCUT2D eigenvalue weighted by atomic mass is 15.0. The summed E-state index contributed by atoms with van der Waals surface area (Å²) >= 11 is 0. The van der Waals surface area contributed by atoms with E-state index in [0.717, 1.165) is 5.92 Å². The molecular formula is C13H19N. The van der Waals surface area contributed by atoms with Crippen molar-refractivity contribution in [3.8, 4) is 0 Å². The Morgan fingerprint density at radius 2 is 1.79 bits per heavy atom. The van der Waals surface area contributed by atoms with Crippen molar-refractivity contribution in [2.24, 2.45) is 5.92 Å². The van der Waals surface area contributed by atoms with E-state index >= 15 is 0 Å². The molecule has 0 bridgehead atoms. The molecule has 2 rings (SSSR count). The molecule has 1 aliphatic rings. The summed E-state index contributed by atoms with van der Waals surface area (Å²) in [4.78, 5) is 0. The molecule has 1 saturated carbocycles. The fraction of sp³-hybridized carbons (Fsp3) is 0.538. The average molecular weight is 189 g/mol. The Morgan fingerprint density at radius 1 is 1.14 bits per heavy atom. The first-order valence-electron chi connectivity index (χ1n) is 5.58. The van der Waals surface area contributed by atoms with Gasteiger partial charge in [0.1, 0.15) is 0 Å². The van der Waals surface area contributed by atoms with Crippen molar-refractivity contribution >= 4 is 0 Å². The summed E-state index contributed by atoms with van der Waals surface area (Å²) in [5.41, 5.74) is 1.45. The summed E-state index contributed by atoms with van der Waals surface area (Å²) in [5.74, 6) is 0.875. The number of benzene rings is 1. The van der Waals surface area contributed by atoms with E-state index < -0.39 is 0 Å². The monoisotopic (exact) mass is 189 g/mol. The van der Waals surface area contributed by atoms with E-state index in [2.05, 4.69) is 49.5 Å². The predicted octanol–water partition coefficient (Wildman–Crippen LogP) is 3.14. The highest BCUT2D eigenvalue weighted by Gasteiger charge is 2.32. The second-order valence-electron chi connectivity index (χ2n) is 4.55. The first-order chi connectivity index (χ1) is 6.77. The minimum atomic E-state index is 0.570. The fourth-order valence-electron chi connectivity index (χ4n) is 1.95. The maximum absolute atomic E-state index is 3.66. The minimum Gasteiger partial charge on any atom is -0.307 e. The smallest absolute Gasteiger partial charge is 0.0350 e. The molecule has 1 aliphatic carbocycles. The zero-order valence-electron chi connectivity index (χ0n) is 9.03. The molecule has 1 atom stereocenters. The third kappa shape index (κ3) is 2.36. The van der Waals surface area contributed by atoms with Crippen molar-refractivity contribution in [3.05, 3.63) is 35.9 Å². The average Bonchev–Trinajstić information content (AvgIpc) is 2.99. The first kappa shape index (κ1) is 9.72. The van der Waals surface area contributed by atoms with Crippen LogP contribution in [0.25, 0.3) is 0 Å². The van der Waals surface area contributed by atoms with Crippen LogP contribution in [0.1, 0.15) is 38.3 Å². The lowest BCUT2D eigenvalue weighted by Crippen LogP contribution is -2.29. The van der Waals surface area contributed by atoms with Crippen molar-refractivity contribution in [2.45, 2.75) is 38.8 Å². The van der Waals surface area contributed by atoms with Gasteiger partial charge in [-0.3, -0.25) is 0 Å². The van der Waals surface area contributed by atoms with Gasteiger partial charge in [-0.25, -0.2) is 0 Å². The third-order valence-corrected chi connectivity index (χ3v) is 2.76. The molecule has 0 spiro atoms. The van der Waals surface area contributed by atoms with Gasteiger partial charge in [-0.15, -0.1) is 0 Å². The SMILES string of the molecule is CC(C)NC(c1ccccc1)C1CC1. The zero-order valence-corrected chi connectivity index (χ0v) is 9.03. The Labute approximate surface area is 86.5 Å². The molecule has 0 aliphatic heterocycles. The van der Waals surface area contributed by atoms with E-state index in [9.17, 15) is 0 Å². The molecule has 0 heterocycles. The summed E-state index contributed by atoms with van der Waals surface area (Å²) in [7, 11) is 0. The minimum absolute atomic E-state index is 0.570. The number of rotatable bonds is 4. The van der Waals surface area contributed by atoms with Gasteiger partial charge in [0.15, 0.2) is 0 Å². The maximum atomic E-state index is 3.66. The molecule has 0 saturated heterocycles. The van der Waals surface area contributed by atoms with E-state index in [1.165, 1.54) is 18.4 Å². The van der Waals surface area contributed by atoms with Crippen LogP contribution in [0.3, 0.4) is 0 Å². The van der Waals surface area contributed by atoms with Gasteiger partial charge in [0.25, 0.3) is 0 Å². The van der Waals surface area contributed by atoms with Crippen LogP contribution in [0.2, 0.25) is 0 Å². The zero-order chi connectivity index (χ0) is 9.97. The van der Waals surface area contributed by atoms with Gasteiger partial charge in [0.05, 0.1) is 0 Å². The number of hydrogen-bond donors (Lipinski definition) is 1. The predicted molar refractivity (Wildman–Crippen MR) is 60.2 cm³/mol. The molecule has 0 radical (unpaired) electrons. The summed E-state index contributed by atoms with van der Waals surface area (Å²) in [6, 6.07) is 12.0. The van der Waals surface area contributed by atoms with Crippen LogP contribution in [-0.2, 0) is 0 Å². The molecule has 1 aromatic carbocycles. The van der Waals surface area contributed by atoms with Crippen LogP contribution in [0.15, 0.2) is 30.3 Å². The summed E-state index contributed by atoms with van der Waals surface area (Å²) in [6.45, 7) is 4.44. The van der Waals surface area contributed by atoms with E-state index in [-0.39, 0.29) is 0 Å². The maximum Gasteiger partial charge on any atom is 0.0350 e. The fourth-order valence-corrected chi connectivity index (χ4v) is 1.95. The molecule has 76 valence electrons. The van der Waals surface area contributed by atoms with Crippen LogP contribution in [0.5, 0.6) is 0 Å². The van der Waals surface area contributed by atoms with Crippen LogP contribution in [-0.4, -0.2) is 6.04 Å². The third-order valence-electron chi connectivity index (χ3n) is 2.76. The van der Waals surface area contributed by atoms with Crippen LogP contribution >= 0.6 is 0 Å². The Hall–Kier alpha value is -0.820. The van der Waals surface area contributed by atoms with Crippen molar-refractivity contribution in [1.82, 2.24) is 5.32 Å². The van der Waals surface area contributed by atoms with Crippen LogP contribution < -0.4 is 5.32 Å². The molecule has 1 nitrogen and oxygen atoms in total. The first-order valence-corrected chi connectivity index (χ1v) is 5.58. The van der Waals surface area contributed by atoms with E-state index in [1.54, 1.807) is 0 Å². The Balaban J connectivity index is 2.10. The standard InChI is InChI=1S/C13H19N/c1-10(2)14-13(12-8-9-12)11-6-4-3-5-7-11/h3-7,10,12-14H,8-9H2,1-2H3. The largest absolute Gasteiger partial charge is 0.307 e. The Morgan fingerprint density at radius 3 is 2.29 bits per heavy atom. The Kier molecular flexibility index (Phi) is 2.87. The molecule has 0 aromatic heterocycles. The van der Waals surface area contributed by atoms with E-state index in [0.29, 0.717) is 12.1 Å². The molecule has 14 heavy (non-hydrogen) atoms. The summed E-state index contributed by atoms with van der Waals surface area (Å²) in [5, 5.41) is 3.66. The molecule has 1 N–H and O–H groups in total. The van der Waals surface area contributed by atoms with E-state index in [4.69, 9.17) is 0 Å². The van der Waals surface area contributed by atoms with Gasteiger partial charge in [-0.1, -0.05) is 44.2 Å². The van der Waals surface area contributed by atoms with Gasteiger partial charge in [-0.2, -0.15) is 0 Å². The van der Waals surface area contributed by atoms with Crippen molar-refractivity contribution in [3.63, 3.8) is 0 Å². The topological polar surface area (TPSA) is 12.0 Å². The lowest BCUT2D eigenvalue weighted by Gasteiger charge is -2.21. The van der Waals surface area contributed by atoms with Gasteiger partial charge in [0.2, 0.25) is 0 Å². The summed E-state index contributed by atoms with van der Waals surface area (Å²) < 4.78 is 0. The van der Waals surface area contributed by atoms with Gasteiger partial charge < -0.3 is 5.32 Å². The van der Waals surface area contributed by atoms with Gasteiger partial charge in [0, 0.05) is 12.1 Å². The molecule has 0 amide bonds. The lowest BCUT2D eigenvalue weighted by atomic mass is 10.0. The van der Waals surface area contributed by atoms with Crippen LogP contribution in [0.4, 0.5) is 0 Å². The Bertz CT molecular complexity index is 275. The normalized spacial score (nSPS) is 18.5. The number of hydrogen-bond acceptors (Lipinski definition) is 1. The second kappa shape index (κ2) is 4.14. The molecule has 1 heteroatoms. The van der Waals surface area contributed by atoms with Gasteiger partial charge >= 0.3 is 0 Å². The van der Waals surface area contributed by atoms with Crippen LogP contribution in [0, 0.1) is 5.92 Å². The lowest BCUT2D eigenvalue weighted by molar-refractivity contribution is 0.436. The summed E-state index contributed by atoms with van der Waals surface area (Å²) in [6.07, 6.45) is 2.78. The highest BCUT2D eigenvalue weighted by molar-refractivity contribution is 5.21. The quantitative estimate of drug-likeness (QED) is 0.767. The van der Waals surface area contributed by atoms with Gasteiger partial charge in [-0.05, 0) is 24.3 Å². The highest BCUT2D eigenvalue weighted by Crippen LogP contribution is 2.41. The molecule has 1 unspecified atom stereocenters.